The summed E-state index contributed by atoms with van der Waals surface area (Å²) in [6.07, 6.45) is 3.42. The van der Waals surface area contributed by atoms with Gasteiger partial charge in [-0.15, -0.1) is 11.3 Å². The van der Waals surface area contributed by atoms with Crippen LogP contribution in [-0.4, -0.2) is 41.9 Å². The van der Waals surface area contributed by atoms with Gasteiger partial charge < -0.3 is 9.80 Å². The van der Waals surface area contributed by atoms with Crippen molar-refractivity contribution in [1.82, 2.24) is 4.90 Å². The molecule has 6 nitrogen and oxygen atoms in total. The molecule has 8 heteroatoms. The number of carbonyl (C=O) groups is 1. The zero-order valence-electron chi connectivity index (χ0n) is 14.2. The third-order valence-corrected chi connectivity index (χ3v) is 5.42. The van der Waals surface area contributed by atoms with Crippen LogP contribution in [0.5, 0.6) is 0 Å². The Morgan fingerprint density at radius 3 is 2.58 bits per heavy atom. The van der Waals surface area contributed by atoms with E-state index in [4.69, 9.17) is 11.6 Å². The van der Waals surface area contributed by atoms with E-state index in [0.717, 1.165) is 4.88 Å². The molecule has 0 radical (unpaired) electrons. The summed E-state index contributed by atoms with van der Waals surface area (Å²) in [7, 11) is 0. The smallest absolute Gasteiger partial charge is 0.294 e. The number of thiophene rings is 1. The second kappa shape index (κ2) is 7.88. The molecule has 1 aromatic carbocycles. The first kappa shape index (κ1) is 18.4. The third-order valence-electron chi connectivity index (χ3n) is 4.22. The van der Waals surface area contributed by atoms with E-state index in [1.165, 1.54) is 10.9 Å². The van der Waals surface area contributed by atoms with Gasteiger partial charge in [0.25, 0.3) is 5.69 Å². The lowest BCUT2D eigenvalue weighted by molar-refractivity contribution is -0.384. The van der Waals surface area contributed by atoms with Crippen molar-refractivity contribution in [2.24, 2.45) is 0 Å². The monoisotopic (exact) mass is 391 g/mol. The first-order valence-corrected chi connectivity index (χ1v) is 9.36. The van der Waals surface area contributed by atoms with Crippen LogP contribution in [-0.2, 0) is 4.79 Å². The average molecular weight is 392 g/mol. The van der Waals surface area contributed by atoms with Crippen molar-refractivity contribution in [3.63, 3.8) is 0 Å². The molecule has 0 atom stereocenters. The Morgan fingerprint density at radius 1 is 1.23 bits per heavy atom. The van der Waals surface area contributed by atoms with E-state index in [-0.39, 0.29) is 11.6 Å². The average Bonchev–Trinajstić information content (AvgIpc) is 3.05. The van der Waals surface area contributed by atoms with Gasteiger partial charge in [-0.05, 0) is 37.3 Å². The first-order valence-electron chi connectivity index (χ1n) is 8.16. The number of carbonyl (C=O) groups excluding carboxylic acids is 1. The Kier molecular flexibility index (Phi) is 5.58. The summed E-state index contributed by atoms with van der Waals surface area (Å²) in [5.74, 6) is -0.0405. The number of rotatable bonds is 4. The maximum absolute atomic E-state index is 12.3. The fourth-order valence-electron chi connectivity index (χ4n) is 2.88. The first-order chi connectivity index (χ1) is 12.4. The van der Waals surface area contributed by atoms with Gasteiger partial charge in [0.1, 0.15) is 5.69 Å². The van der Waals surface area contributed by atoms with Gasteiger partial charge in [-0.25, -0.2) is 0 Å². The molecule has 0 spiro atoms. The summed E-state index contributed by atoms with van der Waals surface area (Å²) in [4.78, 5) is 29.1. The van der Waals surface area contributed by atoms with Gasteiger partial charge in [0, 0.05) is 53.1 Å². The van der Waals surface area contributed by atoms with Gasteiger partial charge in [-0.3, -0.25) is 14.9 Å². The number of aryl methyl sites for hydroxylation is 1. The molecule has 1 aromatic heterocycles. The van der Waals surface area contributed by atoms with Crippen molar-refractivity contribution < 1.29 is 9.72 Å². The predicted molar refractivity (Wildman–Crippen MR) is 105 cm³/mol. The molecule has 0 unspecified atom stereocenters. The second-order valence-corrected chi connectivity index (χ2v) is 7.74. The summed E-state index contributed by atoms with van der Waals surface area (Å²) in [6.45, 7) is 4.15. The topological polar surface area (TPSA) is 66.7 Å². The molecule has 1 amide bonds. The number of halogens is 1. The van der Waals surface area contributed by atoms with Crippen LogP contribution in [0.1, 0.15) is 9.75 Å². The minimum absolute atomic E-state index is 0.00904. The predicted octanol–water partition coefficient (Wildman–Crippen LogP) is 3.98. The number of hydrogen-bond acceptors (Lipinski definition) is 5. The van der Waals surface area contributed by atoms with Crippen LogP contribution in [0.4, 0.5) is 11.4 Å². The normalized spacial score (nSPS) is 14.8. The lowest BCUT2D eigenvalue weighted by Gasteiger charge is -2.35. The number of nitro groups is 1. The van der Waals surface area contributed by atoms with E-state index in [2.05, 4.69) is 0 Å². The van der Waals surface area contributed by atoms with Crippen LogP contribution < -0.4 is 4.90 Å². The van der Waals surface area contributed by atoms with E-state index >= 15 is 0 Å². The highest BCUT2D eigenvalue weighted by Gasteiger charge is 2.25. The number of benzene rings is 1. The second-order valence-electron chi connectivity index (χ2n) is 5.98. The highest BCUT2D eigenvalue weighted by atomic mass is 35.5. The molecule has 136 valence electrons. The van der Waals surface area contributed by atoms with E-state index < -0.39 is 4.92 Å². The molecule has 2 heterocycles. The van der Waals surface area contributed by atoms with Crippen LogP contribution >= 0.6 is 22.9 Å². The molecule has 0 saturated carbocycles. The Balaban J connectivity index is 1.63. The molecular weight excluding hydrogens is 374 g/mol. The fourth-order valence-corrected chi connectivity index (χ4v) is 3.83. The number of piperazine rings is 1. The zero-order chi connectivity index (χ0) is 18.7. The maximum atomic E-state index is 12.3. The summed E-state index contributed by atoms with van der Waals surface area (Å²) < 4.78 is 0. The molecular formula is C18H18ClN3O3S. The quantitative estimate of drug-likeness (QED) is 0.449. The maximum Gasteiger partial charge on any atom is 0.294 e. The van der Waals surface area contributed by atoms with Gasteiger partial charge in [0.15, 0.2) is 0 Å². The number of anilines is 1. The van der Waals surface area contributed by atoms with Crippen molar-refractivity contribution in [2.75, 3.05) is 31.1 Å². The van der Waals surface area contributed by atoms with E-state index in [9.17, 15) is 14.9 Å². The van der Waals surface area contributed by atoms with Crippen molar-refractivity contribution in [1.29, 1.82) is 0 Å². The molecule has 0 aliphatic carbocycles. The molecule has 1 aliphatic rings. The van der Waals surface area contributed by atoms with Gasteiger partial charge in [0.05, 0.1) is 4.92 Å². The van der Waals surface area contributed by atoms with Crippen LogP contribution in [0, 0.1) is 17.0 Å². The summed E-state index contributed by atoms with van der Waals surface area (Å²) in [5, 5.41) is 11.6. The molecule has 1 saturated heterocycles. The molecule has 0 bridgehead atoms. The van der Waals surface area contributed by atoms with Gasteiger partial charge in [-0.1, -0.05) is 11.6 Å². The fraction of sp³-hybridized carbons (Fsp3) is 0.278. The largest absolute Gasteiger partial charge is 0.362 e. The minimum atomic E-state index is -0.426. The Bertz CT molecular complexity index is 857. The zero-order valence-corrected chi connectivity index (χ0v) is 15.8. The number of amides is 1. The van der Waals surface area contributed by atoms with Crippen molar-refractivity contribution in [3.05, 3.63) is 61.3 Å². The SMILES string of the molecule is Cc1ccc(/C=C/C(=O)N2CCN(c3ccc(Cl)cc3[N+](=O)[O-])CC2)s1. The molecule has 0 N–H and O–H groups in total. The Hall–Kier alpha value is -2.38. The van der Waals surface area contributed by atoms with Gasteiger partial charge in [-0.2, -0.15) is 0 Å². The van der Waals surface area contributed by atoms with Gasteiger partial charge in [0.2, 0.25) is 5.91 Å². The lowest BCUT2D eigenvalue weighted by Crippen LogP contribution is -2.48. The number of nitro benzene ring substituents is 1. The summed E-state index contributed by atoms with van der Waals surface area (Å²) in [6, 6.07) is 8.68. The van der Waals surface area contributed by atoms with Crippen molar-refractivity contribution in [3.8, 4) is 0 Å². The molecule has 1 fully saturated rings. The summed E-state index contributed by atoms with van der Waals surface area (Å²) in [5.41, 5.74) is 0.529. The van der Waals surface area contributed by atoms with Gasteiger partial charge >= 0.3 is 0 Å². The van der Waals surface area contributed by atoms with Crippen LogP contribution in [0.3, 0.4) is 0 Å². The Labute approximate surface area is 160 Å². The molecule has 1 aliphatic heterocycles. The Morgan fingerprint density at radius 2 is 1.96 bits per heavy atom. The van der Waals surface area contributed by atoms with Crippen molar-refractivity contribution in [2.45, 2.75) is 6.92 Å². The van der Waals surface area contributed by atoms with E-state index in [1.54, 1.807) is 34.4 Å². The van der Waals surface area contributed by atoms with Crippen LogP contribution in [0.25, 0.3) is 6.08 Å². The highest BCUT2D eigenvalue weighted by Crippen LogP contribution is 2.31. The third kappa shape index (κ3) is 4.23. The standard InChI is InChI=1S/C18H18ClN3O3S/c1-13-2-4-15(26-13)5-7-18(23)21-10-8-20(9-11-21)16-6-3-14(19)12-17(16)22(24)25/h2-7,12H,8-11H2,1H3/b7-5+. The summed E-state index contributed by atoms with van der Waals surface area (Å²) >= 11 is 7.51. The van der Waals surface area contributed by atoms with Crippen LogP contribution in [0.15, 0.2) is 36.4 Å². The van der Waals surface area contributed by atoms with E-state index in [0.29, 0.717) is 36.9 Å². The minimum Gasteiger partial charge on any atom is -0.362 e. The number of nitrogens with zero attached hydrogens (tertiary/aromatic N) is 3. The van der Waals surface area contributed by atoms with Crippen molar-refractivity contribution >= 4 is 46.3 Å². The number of hydrogen-bond donors (Lipinski definition) is 0. The lowest BCUT2D eigenvalue weighted by atomic mass is 10.2. The van der Waals surface area contributed by atoms with E-state index in [1.807, 2.05) is 30.0 Å². The molecule has 2 aromatic rings. The molecule has 26 heavy (non-hydrogen) atoms. The highest BCUT2D eigenvalue weighted by molar-refractivity contribution is 7.12. The molecule has 3 rings (SSSR count). The van der Waals surface area contributed by atoms with Crippen LogP contribution in [0.2, 0.25) is 5.02 Å².